The van der Waals surface area contributed by atoms with E-state index < -0.39 is 33.4 Å². The average molecular weight is 640 g/mol. The Bertz CT molecular complexity index is 1660. The van der Waals surface area contributed by atoms with Crippen molar-refractivity contribution >= 4 is 27.2 Å². The maximum Gasteiger partial charge on any atom is 0.390 e. The summed E-state index contributed by atoms with van der Waals surface area (Å²) in [4.78, 5) is 12.9. The number of methoxy groups -OCH3 is 2. The van der Waals surface area contributed by atoms with Gasteiger partial charge in [0.05, 0.1) is 48.8 Å². The van der Waals surface area contributed by atoms with Gasteiger partial charge in [0, 0.05) is 42.4 Å². The summed E-state index contributed by atoms with van der Waals surface area (Å²) in [7, 11) is 0.163. The molecule has 11 nitrogen and oxygen atoms in total. The van der Waals surface area contributed by atoms with E-state index in [0.717, 1.165) is 11.4 Å². The van der Waals surface area contributed by atoms with Crippen LogP contribution >= 0.6 is 0 Å². The van der Waals surface area contributed by atoms with Crippen LogP contribution in [-0.4, -0.2) is 58.6 Å². The molecule has 0 saturated heterocycles. The number of likely N-dealkylation sites (N-methyl/N-ethyl adjacent to an activating group) is 1. The molecule has 4 rings (SSSR count). The lowest BCUT2D eigenvalue weighted by Gasteiger charge is -2.41. The van der Waals surface area contributed by atoms with Gasteiger partial charge in [-0.3, -0.25) is 10.1 Å². The number of hydrogen-bond donors (Lipinski definition) is 1. The molecule has 0 saturated carbocycles. The first kappa shape index (κ1) is 32.5. The lowest BCUT2D eigenvalue weighted by atomic mass is 9.92. The number of halogens is 3. The number of benzene rings is 3. The number of nitrogens with one attached hydrogen (secondary N) is 1. The minimum absolute atomic E-state index is 0.0598. The van der Waals surface area contributed by atoms with Crippen molar-refractivity contribution in [1.29, 1.82) is 0 Å². The van der Waals surface area contributed by atoms with Crippen molar-refractivity contribution in [2.45, 2.75) is 38.6 Å². The van der Waals surface area contributed by atoms with Crippen molar-refractivity contribution in [1.82, 2.24) is 0 Å². The number of alkyl halides is 3. The van der Waals surface area contributed by atoms with E-state index in [9.17, 15) is 31.7 Å². The molecule has 1 aliphatic rings. The molecule has 0 atom stereocenters. The van der Waals surface area contributed by atoms with E-state index in [1.165, 1.54) is 50.6 Å². The Balaban J connectivity index is 1.77. The van der Waals surface area contributed by atoms with Crippen molar-refractivity contribution < 1.29 is 44.9 Å². The number of nitro groups is 1. The maximum absolute atomic E-state index is 12.6. The zero-order chi connectivity index (χ0) is 32.4. The first-order chi connectivity index (χ1) is 20.5. The van der Waals surface area contributed by atoms with Crippen molar-refractivity contribution in [2.75, 3.05) is 43.8 Å². The fraction of sp³-hybridized carbons (Fsp3) is 0.379. The number of ether oxygens (including phenoxy) is 3. The van der Waals surface area contributed by atoms with Crippen LogP contribution in [0.3, 0.4) is 0 Å². The normalized spacial score (nSPS) is 14.3. The monoisotopic (exact) mass is 639 g/mol. The van der Waals surface area contributed by atoms with Gasteiger partial charge in [0.2, 0.25) is 0 Å². The highest BCUT2D eigenvalue weighted by molar-refractivity contribution is 7.87. The molecule has 3 aromatic carbocycles. The highest BCUT2D eigenvalue weighted by atomic mass is 32.2. The molecular formula is C29H32F3N3O8S. The van der Waals surface area contributed by atoms with E-state index in [0.29, 0.717) is 29.0 Å². The standard InChI is InChI=1S/C29H32F3N3O8S/c1-28(2)17-34(3)27-22(16-42-26-14-18(35(36)37)6-11-24(26)40-4)20(9-10-23(27)33-28)21-8-7-19(15-25(21)41-5)43-44(38,39)13-12-29(30,31)32/h6-11,14-15,33H,12-13,16-17H2,1-5H3. The van der Waals surface area contributed by atoms with Crippen molar-refractivity contribution in [2.24, 2.45) is 0 Å². The Kier molecular flexibility index (Phi) is 9.09. The van der Waals surface area contributed by atoms with Crippen LogP contribution in [0.4, 0.5) is 30.2 Å². The molecule has 238 valence electrons. The van der Waals surface area contributed by atoms with Crippen molar-refractivity contribution in [3.8, 4) is 34.1 Å². The van der Waals surface area contributed by atoms with E-state index >= 15 is 0 Å². The first-order valence-corrected chi connectivity index (χ1v) is 14.9. The van der Waals surface area contributed by atoms with Gasteiger partial charge in [-0.05, 0) is 43.7 Å². The third-order valence-electron chi connectivity index (χ3n) is 6.82. The average Bonchev–Trinajstić information content (AvgIpc) is 2.93. The highest BCUT2D eigenvalue weighted by Crippen LogP contribution is 2.45. The molecule has 0 fully saturated rings. The van der Waals surface area contributed by atoms with Crippen LogP contribution in [0.15, 0.2) is 48.5 Å². The van der Waals surface area contributed by atoms with Gasteiger partial charge in [0.25, 0.3) is 5.69 Å². The molecule has 0 bridgehead atoms. The number of rotatable bonds is 11. The van der Waals surface area contributed by atoms with Gasteiger partial charge in [-0.15, -0.1) is 0 Å². The summed E-state index contributed by atoms with van der Waals surface area (Å²) in [6.45, 7) is 4.66. The molecule has 1 aliphatic heterocycles. The summed E-state index contributed by atoms with van der Waals surface area (Å²) in [5.74, 6) is -0.819. The van der Waals surface area contributed by atoms with Gasteiger partial charge in [0.1, 0.15) is 18.1 Å². The van der Waals surface area contributed by atoms with E-state index in [-0.39, 0.29) is 35.1 Å². The second-order valence-electron chi connectivity index (χ2n) is 10.8. The molecule has 0 spiro atoms. The SMILES string of the molecule is COc1ccc([N+](=O)[O-])cc1OCc1c(-c2ccc(OS(=O)(=O)CCC(F)(F)F)cc2OC)ccc2c1N(C)CC(C)(C)N2. The first-order valence-electron chi connectivity index (χ1n) is 13.3. The van der Waals surface area contributed by atoms with Gasteiger partial charge in [-0.25, -0.2) is 0 Å². The van der Waals surface area contributed by atoms with E-state index in [4.69, 9.17) is 18.4 Å². The Hall–Kier alpha value is -4.40. The molecule has 1 N–H and O–H groups in total. The van der Waals surface area contributed by atoms with Crippen molar-refractivity contribution in [3.05, 3.63) is 64.2 Å². The molecule has 44 heavy (non-hydrogen) atoms. The van der Waals surface area contributed by atoms with Gasteiger partial charge in [0.15, 0.2) is 11.5 Å². The van der Waals surface area contributed by atoms with Gasteiger partial charge in [-0.1, -0.05) is 6.07 Å². The number of non-ortho nitro benzene ring substituents is 1. The largest absolute Gasteiger partial charge is 0.496 e. The summed E-state index contributed by atoms with van der Waals surface area (Å²) >= 11 is 0. The van der Waals surface area contributed by atoms with Crippen LogP contribution in [0, 0.1) is 10.1 Å². The second-order valence-corrected chi connectivity index (χ2v) is 12.5. The quantitative estimate of drug-likeness (QED) is 0.148. The second kappa shape index (κ2) is 12.3. The summed E-state index contributed by atoms with van der Waals surface area (Å²) in [6.07, 6.45) is -6.20. The summed E-state index contributed by atoms with van der Waals surface area (Å²) < 4.78 is 84.1. The van der Waals surface area contributed by atoms with E-state index in [2.05, 4.69) is 24.1 Å². The Morgan fingerprint density at radius 1 is 1.00 bits per heavy atom. The van der Waals surface area contributed by atoms with Crippen LogP contribution in [0.25, 0.3) is 11.1 Å². The Labute approximate surface area is 252 Å². The predicted molar refractivity (Wildman–Crippen MR) is 158 cm³/mol. The molecule has 1 heterocycles. The minimum Gasteiger partial charge on any atom is -0.496 e. The van der Waals surface area contributed by atoms with E-state index in [1.54, 1.807) is 0 Å². The zero-order valence-corrected chi connectivity index (χ0v) is 25.5. The molecule has 0 amide bonds. The molecule has 3 aromatic rings. The predicted octanol–water partition coefficient (Wildman–Crippen LogP) is 6.16. The summed E-state index contributed by atoms with van der Waals surface area (Å²) in [6, 6.07) is 11.8. The van der Waals surface area contributed by atoms with Crippen molar-refractivity contribution in [3.63, 3.8) is 0 Å². The fourth-order valence-electron chi connectivity index (χ4n) is 5.06. The van der Waals surface area contributed by atoms with Gasteiger partial charge < -0.3 is 28.6 Å². The molecule has 0 radical (unpaired) electrons. The molecule has 0 aliphatic carbocycles. The third-order valence-corrected chi connectivity index (χ3v) is 7.97. The molecule has 15 heteroatoms. The summed E-state index contributed by atoms with van der Waals surface area (Å²) in [5, 5.41) is 14.9. The number of nitrogens with zero attached hydrogens (tertiary/aromatic N) is 2. The topological polar surface area (TPSA) is 129 Å². The number of fused-ring (bicyclic) bond motifs is 1. The third kappa shape index (κ3) is 7.56. The lowest BCUT2D eigenvalue weighted by Crippen LogP contribution is -2.47. The molecule has 0 unspecified atom stereocenters. The van der Waals surface area contributed by atoms with Crippen LogP contribution in [0.2, 0.25) is 0 Å². The van der Waals surface area contributed by atoms with Crippen LogP contribution in [0.5, 0.6) is 23.0 Å². The number of hydrogen-bond acceptors (Lipinski definition) is 10. The molecule has 0 aromatic heterocycles. The van der Waals surface area contributed by atoms with Gasteiger partial charge in [-0.2, -0.15) is 21.6 Å². The Morgan fingerprint density at radius 3 is 2.32 bits per heavy atom. The van der Waals surface area contributed by atoms with Gasteiger partial charge >= 0.3 is 16.3 Å². The highest BCUT2D eigenvalue weighted by Gasteiger charge is 2.32. The lowest BCUT2D eigenvalue weighted by molar-refractivity contribution is -0.385. The van der Waals surface area contributed by atoms with Crippen LogP contribution < -0.4 is 28.6 Å². The molecular weight excluding hydrogens is 607 g/mol. The number of nitro benzene ring substituents is 1. The summed E-state index contributed by atoms with van der Waals surface area (Å²) in [5.41, 5.74) is 2.97. The van der Waals surface area contributed by atoms with Crippen LogP contribution in [-0.2, 0) is 16.7 Å². The smallest absolute Gasteiger partial charge is 0.390 e. The van der Waals surface area contributed by atoms with E-state index in [1.807, 2.05) is 19.2 Å². The minimum atomic E-state index is -4.66. The zero-order valence-electron chi connectivity index (χ0n) is 24.6. The number of anilines is 2. The van der Waals surface area contributed by atoms with Crippen LogP contribution in [0.1, 0.15) is 25.8 Å². The fourth-order valence-corrected chi connectivity index (χ4v) is 6.03. The Morgan fingerprint density at radius 2 is 1.68 bits per heavy atom. The maximum atomic E-state index is 12.6.